The third-order valence-corrected chi connectivity index (χ3v) is 8.66. The minimum Gasteiger partial charge on any atom is -0.494 e. The minimum atomic E-state index is -0.714. The van der Waals surface area contributed by atoms with Crippen molar-refractivity contribution in [3.63, 3.8) is 0 Å². The molecule has 5 aromatic rings. The van der Waals surface area contributed by atoms with Gasteiger partial charge < -0.3 is 14.0 Å². The maximum atomic E-state index is 14.2. The molecule has 0 bridgehead atoms. The van der Waals surface area contributed by atoms with E-state index in [-0.39, 0.29) is 11.7 Å². The number of hydrogen-bond acceptors (Lipinski definition) is 7. The number of para-hydroxylation sites is 1. The third-order valence-electron chi connectivity index (χ3n) is 7.68. The number of esters is 1. The average Bonchev–Trinajstić information content (AvgIpc) is 3.53. The second-order valence-corrected chi connectivity index (χ2v) is 12.0. The van der Waals surface area contributed by atoms with E-state index in [4.69, 9.17) is 14.5 Å². The largest absolute Gasteiger partial charge is 0.494 e. The van der Waals surface area contributed by atoms with Gasteiger partial charge >= 0.3 is 5.97 Å². The van der Waals surface area contributed by atoms with E-state index in [9.17, 15) is 14.9 Å². The lowest BCUT2D eigenvalue weighted by atomic mass is 9.96. The van der Waals surface area contributed by atoms with Gasteiger partial charge in [-0.2, -0.15) is 5.26 Å². The van der Waals surface area contributed by atoms with Gasteiger partial charge in [0, 0.05) is 29.2 Å². The van der Waals surface area contributed by atoms with Crippen LogP contribution >= 0.6 is 11.3 Å². The van der Waals surface area contributed by atoms with Crippen molar-refractivity contribution in [2.75, 3.05) is 6.61 Å². The van der Waals surface area contributed by atoms with Crippen molar-refractivity contribution in [2.24, 2.45) is 4.99 Å². The highest BCUT2D eigenvalue weighted by atomic mass is 32.1. The van der Waals surface area contributed by atoms with Gasteiger partial charge in [0.2, 0.25) is 0 Å². The normalized spacial score (nSPS) is 14.8. The lowest BCUT2D eigenvalue weighted by Gasteiger charge is -2.25. The molecule has 1 aliphatic rings. The molecule has 8 nitrogen and oxygen atoms in total. The predicted molar refractivity (Wildman–Crippen MR) is 175 cm³/mol. The van der Waals surface area contributed by atoms with Crippen molar-refractivity contribution in [1.82, 2.24) is 9.13 Å². The summed E-state index contributed by atoms with van der Waals surface area (Å²) in [6, 6.07) is 24.6. The Labute approximate surface area is 264 Å². The number of ether oxygens (including phenoxy) is 2. The van der Waals surface area contributed by atoms with Crippen molar-refractivity contribution in [2.45, 2.75) is 46.4 Å². The quantitative estimate of drug-likeness (QED) is 0.216. The number of fused-ring (bicyclic) bond motifs is 2. The fraction of sp³-hybridized carbons (Fsp3) is 0.222. The van der Waals surface area contributed by atoms with Crippen LogP contribution in [0.4, 0.5) is 0 Å². The molecule has 0 spiro atoms. The first-order valence-electron chi connectivity index (χ1n) is 14.8. The summed E-state index contributed by atoms with van der Waals surface area (Å²) in [5.41, 5.74) is 4.76. The van der Waals surface area contributed by atoms with E-state index < -0.39 is 12.0 Å². The van der Waals surface area contributed by atoms with Crippen LogP contribution in [0.15, 0.2) is 100 Å². The van der Waals surface area contributed by atoms with Gasteiger partial charge in [0.15, 0.2) is 4.80 Å². The zero-order valence-corrected chi connectivity index (χ0v) is 26.3. The summed E-state index contributed by atoms with van der Waals surface area (Å²) < 4.78 is 15.5. The molecule has 2 aromatic heterocycles. The Morgan fingerprint density at radius 3 is 2.56 bits per heavy atom. The molecule has 0 radical (unpaired) electrons. The Morgan fingerprint density at radius 2 is 1.82 bits per heavy atom. The van der Waals surface area contributed by atoms with E-state index in [0.717, 1.165) is 27.6 Å². The topological polar surface area (TPSA) is 98.6 Å². The number of benzene rings is 3. The molecule has 1 atom stereocenters. The molecule has 3 aromatic carbocycles. The summed E-state index contributed by atoms with van der Waals surface area (Å²) in [4.78, 5) is 32.9. The lowest BCUT2D eigenvalue weighted by molar-refractivity contribution is -0.143. The van der Waals surface area contributed by atoms with Gasteiger partial charge in [-0.3, -0.25) is 9.36 Å². The molecular formula is C36H32N4O4S. The standard InChI is InChI=1S/C36H32N4O4S/c1-5-43-28-16-14-24(15-17-28)33-32(35(42)44-22(2)3)23(4)38-36-40(33)34(41)31(45-36)18-27-21-39(30-13-9-8-12-29(27)30)20-26-11-7-6-10-25(26)19-37/h6-18,21-22,33H,5,20H2,1-4H3/b31-18+/t33-/m0/s1. The zero-order chi connectivity index (χ0) is 31.7. The van der Waals surface area contributed by atoms with Gasteiger partial charge in [-0.05, 0) is 69.2 Å². The first-order valence-corrected chi connectivity index (χ1v) is 15.6. The van der Waals surface area contributed by atoms with Crippen molar-refractivity contribution < 1.29 is 14.3 Å². The molecule has 0 saturated heterocycles. The number of allylic oxidation sites excluding steroid dienone is 1. The van der Waals surface area contributed by atoms with Crippen molar-refractivity contribution in [3.8, 4) is 11.8 Å². The van der Waals surface area contributed by atoms with Gasteiger partial charge in [-0.25, -0.2) is 9.79 Å². The molecule has 9 heteroatoms. The van der Waals surface area contributed by atoms with E-state index in [1.54, 1.807) is 25.3 Å². The van der Waals surface area contributed by atoms with Crippen molar-refractivity contribution in [3.05, 3.63) is 132 Å². The molecule has 0 N–H and O–H groups in total. The number of hydrogen-bond donors (Lipinski definition) is 0. The molecule has 0 amide bonds. The first-order chi connectivity index (χ1) is 21.8. The van der Waals surface area contributed by atoms with Gasteiger partial charge in [-0.1, -0.05) is 59.9 Å². The molecule has 3 heterocycles. The Balaban J connectivity index is 1.50. The molecule has 0 unspecified atom stereocenters. The Morgan fingerprint density at radius 1 is 1.09 bits per heavy atom. The third kappa shape index (κ3) is 5.73. The van der Waals surface area contributed by atoms with Crippen LogP contribution in [0.2, 0.25) is 0 Å². The van der Waals surface area contributed by atoms with Crippen LogP contribution in [0.5, 0.6) is 5.75 Å². The van der Waals surface area contributed by atoms with Crippen molar-refractivity contribution >= 4 is 34.3 Å². The van der Waals surface area contributed by atoms with Crippen LogP contribution in [0.25, 0.3) is 17.0 Å². The molecule has 226 valence electrons. The highest BCUT2D eigenvalue weighted by Gasteiger charge is 2.34. The first kappa shape index (κ1) is 29.9. The fourth-order valence-electron chi connectivity index (χ4n) is 5.70. The fourth-order valence-corrected chi connectivity index (χ4v) is 6.74. The van der Waals surface area contributed by atoms with E-state index in [1.165, 1.54) is 11.3 Å². The van der Waals surface area contributed by atoms with E-state index in [2.05, 4.69) is 10.6 Å². The van der Waals surface area contributed by atoms with E-state index in [0.29, 0.717) is 45.1 Å². The number of rotatable bonds is 8. The van der Waals surface area contributed by atoms with Gasteiger partial charge in [0.25, 0.3) is 5.56 Å². The molecule has 6 rings (SSSR count). The zero-order valence-electron chi connectivity index (χ0n) is 25.5. The number of carbonyl (C=O) groups excluding carboxylic acids is 1. The van der Waals surface area contributed by atoms with E-state index in [1.807, 2.05) is 92.0 Å². The maximum Gasteiger partial charge on any atom is 0.338 e. The highest BCUT2D eigenvalue weighted by Crippen LogP contribution is 2.32. The lowest BCUT2D eigenvalue weighted by Crippen LogP contribution is -2.40. The maximum absolute atomic E-state index is 14.2. The molecule has 0 aliphatic carbocycles. The van der Waals surface area contributed by atoms with Crippen LogP contribution in [-0.4, -0.2) is 27.8 Å². The number of carbonyl (C=O) groups is 1. The molecular weight excluding hydrogens is 584 g/mol. The molecule has 0 fully saturated rings. The van der Waals surface area contributed by atoms with Crippen LogP contribution in [0.1, 0.15) is 56.0 Å². The van der Waals surface area contributed by atoms with Crippen molar-refractivity contribution in [1.29, 1.82) is 5.26 Å². The summed E-state index contributed by atoms with van der Waals surface area (Å²) in [5.74, 6) is 0.203. The van der Waals surface area contributed by atoms with Crippen LogP contribution in [-0.2, 0) is 16.1 Å². The van der Waals surface area contributed by atoms with Crippen LogP contribution in [0.3, 0.4) is 0 Å². The van der Waals surface area contributed by atoms with Crippen LogP contribution in [0, 0.1) is 11.3 Å². The smallest absolute Gasteiger partial charge is 0.338 e. The summed E-state index contributed by atoms with van der Waals surface area (Å²) in [6.07, 6.45) is 3.57. The predicted octanol–water partition coefficient (Wildman–Crippen LogP) is 5.46. The number of thiazole rings is 1. The van der Waals surface area contributed by atoms with Gasteiger partial charge in [0.1, 0.15) is 5.75 Å². The summed E-state index contributed by atoms with van der Waals surface area (Å²) in [5, 5.41) is 10.6. The Kier molecular flexibility index (Phi) is 8.24. The molecule has 0 saturated carbocycles. The summed E-state index contributed by atoms with van der Waals surface area (Å²) >= 11 is 1.29. The number of aromatic nitrogens is 2. The summed E-state index contributed by atoms with van der Waals surface area (Å²) in [6.45, 7) is 8.33. The Hall–Kier alpha value is -5.20. The molecule has 45 heavy (non-hydrogen) atoms. The average molecular weight is 617 g/mol. The van der Waals surface area contributed by atoms with Gasteiger partial charge in [-0.15, -0.1) is 0 Å². The van der Waals surface area contributed by atoms with Crippen LogP contribution < -0.4 is 19.6 Å². The monoisotopic (exact) mass is 616 g/mol. The summed E-state index contributed by atoms with van der Waals surface area (Å²) in [7, 11) is 0. The molecule has 1 aliphatic heterocycles. The highest BCUT2D eigenvalue weighted by molar-refractivity contribution is 7.07. The minimum absolute atomic E-state index is 0.244. The number of nitrogens with zero attached hydrogens (tertiary/aromatic N) is 4. The SMILES string of the molecule is CCOc1ccc([C@H]2C(C(=O)OC(C)C)=C(C)N=c3s/c(=C/c4cn(Cc5ccccc5C#N)c5ccccc45)c(=O)n32)cc1. The number of nitriles is 1. The second-order valence-electron chi connectivity index (χ2n) is 11.0. The second kappa shape index (κ2) is 12.4. The van der Waals surface area contributed by atoms with E-state index >= 15 is 0 Å². The Bertz CT molecular complexity index is 2180. The van der Waals surface area contributed by atoms with Gasteiger partial charge in [0.05, 0.1) is 46.2 Å².